The molecule has 0 bridgehead atoms. The Hall–Kier alpha value is -0.570. The van der Waals surface area contributed by atoms with Crippen molar-refractivity contribution in [3.05, 3.63) is 34.9 Å². The standard InChI is InChI=1S/C14H22ClNO/c1-3-8-16-9-7-14(2,17)11-12-5-4-6-13(15)10-12/h4-6,10,16-17H,3,7-9,11H2,1-2H3. The smallest absolute Gasteiger partial charge is 0.0672 e. The molecule has 0 fully saturated rings. The van der Waals surface area contributed by atoms with Crippen molar-refractivity contribution < 1.29 is 5.11 Å². The van der Waals surface area contributed by atoms with E-state index in [1.165, 1.54) is 0 Å². The first-order valence-corrected chi connectivity index (χ1v) is 6.59. The van der Waals surface area contributed by atoms with Crippen LogP contribution < -0.4 is 5.32 Å². The van der Waals surface area contributed by atoms with Crippen molar-refractivity contribution in [2.24, 2.45) is 0 Å². The lowest BCUT2D eigenvalue weighted by molar-refractivity contribution is 0.0516. The number of rotatable bonds is 7. The third kappa shape index (κ3) is 6.06. The van der Waals surface area contributed by atoms with E-state index in [2.05, 4.69) is 12.2 Å². The monoisotopic (exact) mass is 255 g/mol. The van der Waals surface area contributed by atoms with Crippen LogP contribution in [0.1, 0.15) is 32.3 Å². The van der Waals surface area contributed by atoms with Gasteiger partial charge < -0.3 is 10.4 Å². The summed E-state index contributed by atoms with van der Waals surface area (Å²) in [6.45, 7) is 5.87. The zero-order valence-corrected chi connectivity index (χ0v) is 11.4. The van der Waals surface area contributed by atoms with Gasteiger partial charge in [0.05, 0.1) is 5.60 Å². The Morgan fingerprint density at radius 2 is 2.12 bits per heavy atom. The van der Waals surface area contributed by atoms with Crippen LogP contribution in [-0.4, -0.2) is 23.8 Å². The Labute approximate surface area is 109 Å². The van der Waals surface area contributed by atoms with E-state index in [9.17, 15) is 5.11 Å². The van der Waals surface area contributed by atoms with Gasteiger partial charge in [0, 0.05) is 11.4 Å². The van der Waals surface area contributed by atoms with Gasteiger partial charge in [-0.3, -0.25) is 0 Å². The average molecular weight is 256 g/mol. The van der Waals surface area contributed by atoms with Gasteiger partial charge in [-0.25, -0.2) is 0 Å². The molecule has 0 saturated carbocycles. The van der Waals surface area contributed by atoms with Gasteiger partial charge in [-0.2, -0.15) is 0 Å². The first-order valence-electron chi connectivity index (χ1n) is 6.21. The van der Waals surface area contributed by atoms with Crippen LogP contribution in [-0.2, 0) is 6.42 Å². The molecule has 0 spiro atoms. The molecule has 1 aromatic carbocycles. The molecule has 2 N–H and O–H groups in total. The van der Waals surface area contributed by atoms with E-state index in [1.807, 2.05) is 31.2 Å². The van der Waals surface area contributed by atoms with E-state index in [0.29, 0.717) is 6.42 Å². The van der Waals surface area contributed by atoms with Crippen molar-refractivity contribution >= 4 is 11.6 Å². The number of aliphatic hydroxyl groups is 1. The van der Waals surface area contributed by atoms with Crippen molar-refractivity contribution in [3.63, 3.8) is 0 Å². The number of hydrogen-bond acceptors (Lipinski definition) is 2. The van der Waals surface area contributed by atoms with Crippen molar-refractivity contribution in [2.45, 2.75) is 38.7 Å². The predicted octanol–water partition coefficient (Wildman–Crippen LogP) is 3.02. The van der Waals surface area contributed by atoms with E-state index in [-0.39, 0.29) is 0 Å². The predicted molar refractivity (Wildman–Crippen MR) is 73.6 cm³/mol. The van der Waals surface area contributed by atoms with Gasteiger partial charge >= 0.3 is 0 Å². The summed E-state index contributed by atoms with van der Waals surface area (Å²) in [6.07, 6.45) is 2.51. The minimum absolute atomic E-state index is 0.640. The second kappa shape index (κ2) is 7.00. The van der Waals surface area contributed by atoms with Crippen molar-refractivity contribution in [3.8, 4) is 0 Å². The van der Waals surface area contributed by atoms with E-state index >= 15 is 0 Å². The van der Waals surface area contributed by atoms with E-state index < -0.39 is 5.60 Å². The van der Waals surface area contributed by atoms with Crippen LogP contribution in [0.15, 0.2) is 24.3 Å². The maximum atomic E-state index is 10.3. The van der Waals surface area contributed by atoms with Crippen molar-refractivity contribution in [2.75, 3.05) is 13.1 Å². The zero-order valence-electron chi connectivity index (χ0n) is 10.7. The minimum atomic E-state index is -0.675. The lowest BCUT2D eigenvalue weighted by Gasteiger charge is -2.23. The first kappa shape index (κ1) is 14.5. The van der Waals surface area contributed by atoms with E-state index in [4.69, 9.17) is 11.6 Å². The van der Waals surface area contributed by atoms with Gasteiger partial charge in [-0.05, 0) is 50.6 Å². The molecule has 1 atom stereocenters. The molecular weight excluding hydrogens is 234 g/mol. The summed E-state index contributed by atoms with van der Waals surface area (Å²) in [5.41, 5.74) is 0.406. The molecule has 1 unspecified atom stereocenters. The van der Waals surface area contributed by atoms with E-state index in [0.717, 1.165) is 36.5 Å². The van der Waals surface area contributed by atoms with Crippen LogP contribution in [0.3, 0.4) is 0 Å². The van der Waals surface area contributed by atoms with Crippen molar-refractivity contribution in [1.82, 2.24) is 5.32 Å². The normalized spacial score (nSPS) is 14.6. The van der Waals surface area contributed by atoms with E-state index in [1.54, 1.807) is 0 Å². The summed E-state index contributed by atoms with van der Waals surface area (Å²) < 4.78 is 0. The van der Waals surface area contributed by atoms with Crippen LogP contribution in [0.4, 0.5) is 0 Å². The molecule has 0 aliphatic carbocycles. The Bertz CT molecular complexity index is 339. The van der Waals surface area contributed by atoms with Crippen LogP contribution in [0.5, 0.6) is 0 Å². The lowest BCUT2D eigenvalue weighted by atomic mass is 9.93. The second-order valence-corrected chi connectivity index (χ2v) is 5.24. The fourth-order valence-electron chi connectivity index (χ4n) is 1.83. The highest BCUT2D eigenvalue weighted by molar-refractivity contribution is 6.30. The number of hydrogen-bond donors (Lipinski definition) is 2. The van der Waals surface area contributed by atoms with Crippen LogP contribution in [0.2, 0.25) is 5.02 Å². The third-order valence-electron chi connectivity index (χ3n) is 2.74. The average Bonchev–Trinajstić information content (AvgIpc) is 2.24. The van der Waals surface area contributed by atoms with Gasteiger partial charge in [-0.1, -0.05) is 30.7 Å². The maximum absolute atomic E-state index is 10.3. The molecular formula is C14H22ClNO. The third-order valence-corrected chi connectivity index (χ3v) is 2.98. The highest BCUT2D eigenvalue weighted by atomic mass is 35.5. The fourth-order valence-corrected chi connectivity index (χ4v) is 2.05. The largest absolute Gasteiger partial charge is 0.390 e. The summed E-state index contributed by atoms with van der Waals surface area (Å²) >= 11 is 5.93. The van der Waals surface area contributed by atoms with Gasteiger partial charge in [0.1, 0.15) is 0 Å². The maximum Gasteiger partial charge on any atom is 0.0672 e. The van der Waals surface area contributed by atoms with Crippen molar-refractivity contribution in [1.29, 1.82) is 0 Å². The molecule has 0 radical (unpaired) electrons. The molecule has 2 nitrogen and oxygen atoms in total. The van der Waals surface area contributed by atoms with Gasteiger partial charge in [0.25, 0.3) is 0 Å². The second-order valence-electron chi connectivity index (χ2n) is 4.80. The molecule has 0 saturated heterocycles. The SMILES string of the molecule is CCCNCCC(C)(O)Cc1cccc(Cl)c1. The zero-order chi connectivity index (χ0) is 12.7. The lowest BCUT2D eigenvalue weighted by Crippen LogP contribution is -2.32. The molecule has 0 heterocycles. The van der Waals surface area contributed by atoms with Gasteiger partial charge in [0.2, 0.25) is 0 Å². The molecule has 0 aromatic heterocycles. The molecule has 1 aromatic rings. The summed E-state index contributed by atoms with van der Waals surface area (Å²) in [6, 6.07) is 7.68. The molecule has 0 amide bonds. The minimum Gasteiger partial charge on any atom is -0.390 e. The van der Waals surface area contributed by atoms with Crippen LogP contribution in [0.25, 0.3) is 0 Å². The Morgan fingerprint density at radius 1 is 1.35 bits per heavy atom. The summed E-state index contributed by atoms with van der Waals surface area (Å²) in [7, 11) is 0. The fraction of sp³-hybridized carbons (Fsp3) is 0.571. The number of benzene rings is 1. The Balaban J connectivity index is 2.42. The summed E-state index contributed by atoms with van der Waals surface area (Å²) in [5.74, 6) is 0. The number of nitrogens with one attached hydrogen (secondary N) is 1. The highest BCUT2D eigenvalue weighted by Gasteiger charge is 2.20. The quantitative estimate of drug-likeness (QED) is 0.734. The van der Waals surface area contributed by atoms with Gasteiger partial charge in [0.15, 0.2) is 0 Å². The number of halogens is 1. The molecule has 17 heavy (non-hydrogen) atoms. The topological polar surface area (TPSA) is 32.3 Å². The molecule has 96 valence electrons. The highest BCUT2D eigenvalue weighted by Crippen LogP contribution is 2.19. The summed E-state index contributed by atoms with van der Waals surface area (Å²) in [5, 5.41) is 14.3. The molecule has 3 heteroatoms. The van der Waals surface area contributed by atoms with Gasteiger partial charge in [-0.15, -0.1) is 0 Å². The molecule has 0 aliphatic heterocycles. The summed E-state index contributed by atoms with van der Waals surface area (Å²) in [4.78, 5) is 0. The van der Waals surface area contributed by atoms with Crippen LogP contribution >= 0.6 is 11.6 Å². The first-order chi connectivity index (χ1) is 8.03. The van der Waals surface area contributed by atoms with Crippen LogP contribution in [0, 0.1) is 0 Å². The molecule has 0 aliphatic rings. The Morgan fingerprint density at radius 3 is 2.76 bits per heavy atom. The Kier molecular flexibility index (Phi) is 5.96. The molecule has 1 rings (SSSR count).